The van der Waals surface area contributed by atoms with Crippen molar-refractivity contribution >= 4 is 40.8 Å². The van der Waals surface area contributed by atoms with Crippen LogP contribution in [0.1, 0.15) is 68.4 Å². The number of nitrogen functional groups attached to an aromatic ring is 1. The van der Waals surface area contributed by atoms with E-state index in [4.69, 9.17) is 10.5 Å². The van der Waals surface area contributed by atoms with Crippen LogP contribution in [0.4, 0.5) is 17.2 Å². The zero-order valence-corrected chi connectivity index (χ0v) is 35.7. The van der Waals surface area contributed by atoms with E-state index in [9.17, 15) is 24.3 Å². The molecule has 1 aromatic heterocycles. The summed E-state index contributed by atoms with van der Waals surface area (Å²) in [5, 5.41) is 24.6. The number of para-hydroxylation sites is 1. The number of phenols is 1. The van der Waals surface area contributed by atoms with Crippen molar-refractivity contribution in [2.75, 3.05) is 81.5 Å². The third kappa shape index (κ3) is 8.94. The maximum atomic E-state index is 14.8. The number of imide groups is 1. The Bertz CT molecular complexity index is 2300. The molecule has 5 aliphatic rings. The summed E-state index contributed by atoms with van der Waals surface area (Å²) in [6.07, 6.45) is 5.27. The van der Waals surface area contributed by atoms with Crippen LogP contribution in [0.5, 0.6) is 5.75 Å². The Morgan fingerprint density at radius 2 is 1.54 bits per heavy atom. The normalized spacial score (nSPS) is 21.8. The molecule has 15 heteroatoms. The van der Waals surface area contributed by atoms with Gasteiger partial charge in [-0.15, -0.1) is 10.2 Å². The van der Waals surface area contributed by atoms with E-state index in [1.807, 2.05) is 52.3 Å². The van der Waals surface area contributed by atoms with Crippen molar-refractivity contribution in [3.05, 3.63) is 96.1 Å². The number of hydrogen-bond acceptors (Lipinski definition) is 12. The number of nitrogens with two attached hydrogens (primary N) is 1. The predicted molar refractivity (Wildman–Crippen MR) is 239 cm³/mol. The Morgan fingerprint density at radius 1 is 0.825 bits per heavy atom. The Kier molecular flexibility index (Phi) is 12.1. The molecule has 5 N–H and O–H groups in total. The van der Waals surface area contributed by atoms with Gasteiger partial charge in [0.2, 0.25) is 23.6 Å². The predicted octanol–water partition coefficient (Wildman–Crippen LogP) is 4.29. The van der Waals surface area contributed by atoms with Gasteiger partial charge in [-0.25, -0.2) is 0 Å². The molecule has 15 nitrogen and oxygen atoms in total. The summed E-state index contributed by atoms with van der Waals surface area (Å²) in [7, 11) is 0. The SMILES string of the molecule is Nc1nnc(-c2ccccc2O)cc1N1CCC(C(=O)N2CCC3(CC2)CN(C(=O)CN2CCC(c4ccc(NC5CCC(=O)NC5=O)cc4)CC2)CCO3)(c2ccccc2)CC1. The summed E-state index contributed by atoms with van der Waals surface area (Å²) in [4.78, 5) is 60.8. The van der Waals surface area contributed by atoms with Crippen molar-refractivity contribution < 1.29 is 29.0 Å². The van der Waals surface area contributed by atoms with E-state index in [2.05, 4.69) is 54.9 Å². The zero-order chi connectivity index (χ0) is 43.6. The second-order valence-electron chi connectivity index (χ2n) is 17.9. The van der Waals surface area contributed by atoms with Crippen LogP contribution in [0.25, 0.3) is 11.3 Å². The molecule has 3 aromatic carbocycles. The first-order valence-corrected chi connectivity index (χ1v) is 22.4. The smallest absolute Gasteiger partial charge is 0.249 e. The van der Waals surface area contributed by atoms with E-state index in [0.29, 0.717) is 114 Å². The van der Waals surface area contributed by atoms with Gasteiger partial charge in [0, 0.05) is 56.9 Å². The molecular weight excluding hydrogens is 799 g/mol. The molecule has 4 amide bonds. The number of rotatable bonds is 9. The number of phenolic OH excluding ortho intramolecular Hbond substituents is 1. The largest absolute Gasteiger partial charge is 0.507 e. The van der Waals surface area contributed by atoms with Gasteiger partial charge in [0.25, 0.3) is 0 Å². The lowest BCUT2D eigenvalue weighted by atomic mass is 9.71. The Balaban J connectivity index is 0.780. The summed E-state index contributed by atoms with van der Waals surface area (Å²) in [6.45, 7) is 5.95. The van der Waals surface area contributed by atoms with Crippen LogP contribution in [0.2, 0.25) is 0 Å². The number of carbonyl (C=O) groups is 4. The molecule has 63 heavy (non-hydrogen) atoms. The van der Waals surface area contributed by atoms with Crippen LogP contribution < -0.4 is 21.3 Å². The fraction of sp³-hybridized carbons (Fsp3) is 0.458. The number of anilines is 3. The molecule has 5 saturated heterocycles. The lowest BCUT2D eigenvalue weighted by Crippen LogP contribution is -2.61. The van der Waals surface area contributed by atoms with Crippen molar-refractivity contribution in [1.29, 1.82) is 0 Å². The number of ether oxygens (including phenoxy) is 1. The van der Waals surface area contributed by atoms with Gasteiger partial charge in [-0.1, -0.05) is 54.6 Å². The number of aromatic nitrogens is 2. The highest BCUT2D eigenvalue weighted by atomic mass is 16.5. The van der Waals surface area contributed by atoms with Gasteiger partial charge >= 0.3 is 0 Å². The molecule has 0 aliphatic carbocycles. The van der Waals surface area contributed by atoms with Gasteiger partial charge in [-0.2, -0.15) is 0 Å². The van der Waals surface area contributed by atoms with Crippen LogP contribution in [0, 0.1) is 0 Å². The monoisotopic (exact) mass is 855 g/mol. The summed E-state index contributed by atoms with van der Waals surface area (Å²) in [5.74, 6) is 0.582. The molecule has 5 aliphatic heterocycles. The molecule has 0 radical (unpaired) electrons. The minimum Gasteiger partial charge on any atom is -0.507 e. The number of aromatic hydroxyl groups is 1. The molecule has 6 heterocycles. The molecule has 4 aromatic rings. The summed E-state index contributed by atoms with van der Waals surface area (Å²) in [5.41, 5.74) is 10.2. The summed E-state index contributed by atoms with van der Waals surface area (Å²) < 4.78 is 6.48. The maximum absolute atomic E-state index is 14.8. The van der Waals surface area contributed by atoms with Gasteiger partial charge in [-0.3, -0.25) is 29.4 Å². The molecule has 1 atom stereocenters. The van der Waals surface area contributed by atoms with Gasteiger partial charge in [0.15, 0.2) is 5.82 Å². The number of benzene rings is 3. The highest BCUT2D eigenvalue weighted by molar-refractivity contribution is 6.01. The Hall–Kier alpha value is -6.06. The zero-order valence-electron chi connectivity index (χ0n) is 35.7. The molecule has 330 valence electrons. The van der Waals surface area contributed by atoms with Crippen molar-refractivity contribution in [3.8, 4) is 17.0 Å². The lowest BCUT2D eigenvalue weighted by molar-refractivity contribution is -0.165. The molecule has 0 saturated carbocycles. The summed E-state index contributed by atoms with van der Waals surface area (Å²) in [6, 6.07) is 26.8. The first kappa shape index (κ1) is 42.3. The number of nitrogens with one attached hydrogen (secondary N) is 2. The van der Waals surface area contributed by atoms with Crippen LogP contribution in [0.15, 0.2) is 84.9 Å². The maximum Gasteiger partial charge on any atom is 0.249 e. The van der Waals surface area contributed by atoms with Crippen LogP contribution >= 0.6 is 0 Å². The highest BCUT2D eigenvalue weighted by Crippen LogP contribution is 2.42. The standard InChI is InChI=1S/C48H57N9O6/c49-44-40(30-39(52-53-44)37-8-4-5-9-41(37)58)55-26-20-48(21-27-55,35-6-2-1-3-7-35)46(62)56-24-18-47(19-25-56)32-57(28-29-63-47)43(60)31-54-22-16-34(17-23-54)33-10-12-36(13-11-33)50-38-14-15-42(59)51-45(38)61/h1-13,30,34,38,50,58H,14-29,31-32H2,(H2,49,53)(H,51,59,61). The second kappa shape index (κ2) is 18.0. The van der Waals surface area contributed by atoms with E-state index in [1.165, 1.54) is 5.56 Å². The summed E-state index contributed by atoms with van der Waals surface area (Å²) >= 11 is 0. The van der Waals surface area contributed by atoms with Crippen molar-refractivity contribution in [3.63, 3.8) is 0 Å². The average Bonchev–Trinajstić information content (AvgIpc) is 3.31. The highest BCUT2D eigenvalue weighted by Gasteiger charge is 2.49. The van der Waals surface area contributed by atoms with Gasteiger partial charge < -0.3 is 35.6 Å². The first-order valence-electron chi connectivity index (χ1n) is 22.4. The van der Waals surface area contributed by atoms with Crippen molar-refractivity contribution in [2.45, 2.75) is 74.3 Å². The number of likely N-dealkylation sites (tertiary alicyclic amines) is 2. The van der Waals surface area contributed by atoms with E-state index < -0.39 is 17.1 Å². The van der Waals surface area contributed by atoms with E-state index in [1.54, 1.807) is 18.2 Å². The molecule has 9 rings (SSSR count). The number of piperidine rings is 4. The number of nitrogens with zero attached hydrogens (tertiary/aromatic N) is 6. The van der Waals surface area contributed by atoms with Crippen LogP contribution in [-0.4, -0.2) is 131 Å². The second-order valence-corrected chi connectivity index (χ2v) is 17.9. The Labute approximate surface area is 368 Å². The minimum absolute atomic E-state index is 0.119. The fourth-order valence-corrected chi connectivity index (χ4v) is 10.4. The molecule has 1 unspecified atom stereocenters. The average molecular weight is 856 g/mol. The topological polar surface area (TPSA) is 187 Å². The van der Waals surface area contributed by atoms with E-state index in [0.717, 1.165) is 42.9 Å². The van der Waals surface area contributed by atoms with E-state index in [-0.39, 0.29) is 29.4 Å². The molecule has 1 spiro atoms. The number of carbonyl (C=O) groups excluding carboxylic acids is 4. The Morgan fingerprint density at radius 3 is 2.25 bits per heavy atom. The molecular formula is C48H57N9O6. The van der Waals surface area contributed by atoms with Crippen molar-refractivity contribution in [1.82, 2.24) is 30.2 Å². The third-order valence-electron chi connectivity index (χ3n) is 14.1. The fourth-order valence-electron chi connectivity index (χ4n) is 10.4. The lowest BCUT2D eigenvalue weighted by Gasteiger charge is -2.50. The number of hydrogen-bond donors (Lipinski definition) is 4. The van der Waals surface area contributed by atoms with E-state index >= 15 is 0 Å². The van der Waals surface area contributed by atoms with Crippen LogP contribution in [0.3, 0.4) is 0 Å². The first-order chi connectivity index (χ1) is 30.6. The van der Waals surface area contributed by atoms with Gasteiger partial charge in [0.1, 0.15) is 11.8 Å². The number of amides is 4. The molecule has 0 bridgehead atoms. The number of morpholine rings is 1. The third-order valence-corrected chi connectivity index (χ3v) is 14.1. The van der Waals surface area contributed by atoms with Crippen molar-refractivity contribution in [2.24, 2.45) is 0 Å². The van der Waals surface area contributed by atoms with Crippen LogP contribution in [-0.2, 0) is 29.3 Å². The quantitative estimate of drug-likeness (QED) is 0.176. The minimum atomic E-state index is -0.709. The molecule has 5 fully saturated rings. The van der Waals surface area contributed by atoms with Gasteiger partial charge in [-0.05, 0) is 105 Å². The van der Waals surface area contributed by atoms with Gasteiger partial charge in [0.05, 0.1) is 35.5 Å².